The highest BCUT2D eigenvalue weighted by molar-refractivity contribution is 7.15. The van der Waals surface area contributed by atoms with Crippen molar-refractivity contribution in [3.05, 3.63) is 95.1 Å². The van der Waals surface area contributed by atoms with Gasteiger partial charge in [-0.1, -0.05) is 44.2 Å². The molecule has 52 heavy (non-hydrogen) atoms. The van der Waals surface area contributed by atoms with Crippen LogP contribution in [0.5, 0.6) is 0 Å². The van der Waals surface area contributed by atoms with E-state index in [-0.39, 0.29) is 54.2 Å². The number of amides is 5. The molecule has 270 valence electrons. The molecule has 4 aromatic heterocycles. The minimum atomic E-state index is -1.05. The predicted molar refractivity (Wildman–Crippen MR) is 185 cm³/mol. The molecule has 0 aliphatic carbocycles. The van der Waals surface area contributed by atoms with Crippen LogP contribution in [-0.4, -0.2) is 78.5 Å². The summed E-state index contributed by atoms with van der Waals surface area (Å²) in [4.78, 5) is 83.6. The Hall–Kier alpha value is -5.84. The first-order valence-corrected chi connectivity index (χ1v) is 17.8. The molecule has 5 amide bonds. The number of carbonyl (C=O) groups is 5. The first kappa shape index (κ1) is 34.6. The van der Waals surface area contributed by atoms with Crippen molar-refractivity contribution in [2.24, 2.45) is 5.92 Å². The summed E-state index contributed by atoms with van der Waals surface area (Å²) in [6.45, 7) is 5.47. The lowest BCUT2D eigenvalue weighted by Crippen LogP contribution is -2.48. The van der Waals surface area contributed by atoms with E-state index < -0.39 is 59.7 Å². The number of carbonyl (C=O) groups excluding carboxylic acids is 5. The Balaban J connectivity index is 1.22. The zero-order valence-electron chi connectivity index (χ0n) is 28.6. The fraction of sp³-hybridized carbons (Fsp3) is 0.371. The Bertz CT molecular complexity index is 2090. The maximum Gasteiger partial charge on any atom is 0.276 e. The maximum absolute atomic E-state index is 14.2. The van der Waals surface area contributed by atoms with Crippen molar-refractivity contribution in [1.82, 2.24) is 45.5 Å². The summed E-state index contributed by atoms with van der Waals surface area (Å²) in [7, 11) is 0. The predicted octanol–water partition coefficient (Wildman–Crippen LogP) is 2.82. The van der Waals surface area contributed by atoms with Crippen LogP contribution in [0.2, 0.25) is 0 Å². The third-order valence-electron chi connectivity index (χ3n) is 8.98. The minimum Gasteiger partial charge on any atom is -0.446 e. The summed E-state index contributed by atoms with van der Waals surface area (Å²) in [6, 6.07) is 5.11. The van der Waals surface area contributed by atoms with Crippen molar-refractivity contribution in [1.29, 1.82) is 0 Å². The van der Waals surface area contributed by atoms with Gasteiger partial charge in [-0.05, 0) is 31.2 Å². The molecule has 4 N–H and O–H groups in total. The summed E-state index contributed by atoms with van der Waals surface area (Å²) < 4.78 is 13.2. The van der Waals surface area contributed by atoms with Crippen molar-refractivity contribution in [2.75, 3.05) is 6.54 Å². The van der Waals surface area contributed by atoms with Crippen LogP contribution in [0.15, 0.2) is 69.5 Å². The topological polar surface area (TPSA) is 206 Å². The third-order valence-corrected chi connectivity index (χ3v) is 9.75. The van der Waals surface area contributed by atoms with Crippen LogP contribution in [0.1, 0.15) is 94.5 Å². The number of imidazole rings is 1. The van der Waals surface area contributed by atoms with Crippen LogP contribution in [0, 0.1) is 5.92 Å². The average Bonchev–Trinajstić information content (AvgIpc) is 3.95. The molecular formula is C35H37N9O7S. The van der Waals surface area contributed by atoms with Crippen molar-refractivity contribution in [3.63, 3.8) is 0 Å². The molecule has 7 rings (SSSR count). The lowest BCUT2D eigenvalue weighted by Gasteiger charge is -2.25. The van der Waals surface area contributed by atoms with Gasteiger partial charge in [-0.25, -0.2) is 15.0 Å². The van der Waals surface area contributed by atoms with E-state index in [1.54, 1.807) is 23.7 Å². The molecule has 5 atom stereocenters. The molecule has 2 aliphatic heterocycles. The van der Waals surface area contributed by atoms with Crippen molar-refractivity contribution in [2.45, 2.75) is 70.2 Å². The van der Waals surface area contributed by atoms with Crippen LogP contribution in [0.4, 0.5) is 0 Å². The highest BCUT2D eigenvalue weighted by Gasteiger charge is 2.43. The summed E-state index contributed by atoms with van der Waals surface area (Å²) in [5.74, 6) is -2.52. The summed E-state index contributed by atoms with van der Waals surface area (Å²) >= 11 is 1.39. The number of nitrogens with zero attached hydrogens (tertiary/aromatic N) is 5. The Morgan fingerprint density at radius 3 is 2.48 bits per heavy atom. The van der Waals surface area contributed by atoms with Crippen LogP contribution in [-0.2, 0) is 16.0 Å². The van der Waals surface area contributed by atoms with E-state index in [1.807, 2.05) is 49.6 Å². The average molecular weight is 728 g/mol. The van der Waals surface area contributed by atoms with Gasteiger partial charge in [0.05, 0.1) is 0 Å². The summed E-state index contributed by atoms with van der Waals surface area (Å²) in [5, 5.41) is 13.3. The van der Waals surface area contributed by atoms with Crippen molar-refractivity contribution < 1.29 is 32.8 Å². The second-order valence-corrected chi connectivity index (χ2v) is 14.3. The largest absolute Gasteiger partial charge is 0.446 e. The molecular weight excluding hydrogens is 691 g/mol. The number of thiazole rings is 1. The molecule has 6 heterocycles. The molecule has 17 heteroatoms. The molecule has 16 nitrogen and oxygen atoms in total. The molecule has 1 aromatic carbocycles. The fourth-order valence-electron chi connectivity index (χ4n) is 6.42. The van der Waals surface area contributed by atoms with Crippen LogP contribution < -0.4 is 21.3 Å². The van der Waals surface area contributed by atoms with E-state index in [1.165, 1.54) is 28.8 Å². The van der Waals surface area contributed by atoms with E-state index >= 15 is 0 Å². The molecule has 4 bridgehead atoms. The van der Waals surface area contributed by atoms with E-state index in [9.17, 15) is 24.0 Å². The number of hydrogen-bond donors (Lipinski definition) is 4. The molecule has 2 aliphatic rings. The third kappa shape index (κ3) is 7.30. The quantitative estimate of drug-likeness (QED) is 0.201. The van der Waals surface area contributed by atoms with Gasteiger partial charge in [-0.3, -0.25) is 28.4 Å². The van der Waals surface area contributed by atoms with Gasteiger partial charge >= 0.3 is 0 Å². The van der Waals surface area contributed by atoms with Crippen molar-refractivity contribution in [3.8, 4) is 0 Å². The minimum absolute atomic E-state index is 0.0110. The lowest BCUT2D eigenvalue weighted by atomic mass is 10.0. The fourth-order valence-corrected chi connectivity index (χ4v) is 7.12. The highest BCUT2D eigenvalue weighted by atomic mass is 32.1. The van der Waals surface area contributed by atoms with Crippen LogP contribution >= 0.6 is 11.3 Å². The monoisotopic (exact) mass is 727 g/mol. The zero-order valence-corrected chi connectivity index (χ0v) is 29.4. The van der Waals surface area contributed by atoms with Gasteiger partial charge in [0.2, 0.25) is 23.6 Å². The van der Waals surface area contributed by atoms with E-state index in [0.717, 1.165) is 5.56 Å². The van der Waals surface area contributed by atoms with Gasteiger partial charge in [-0.15, -0.1) is 11.3 Å². The number of rotatable bonds is 6. The molecule has 5 aromatic rings. The highest BCUT2D eigenvalue weighted by Crippen LogP contribution is 2.26. The molecule has 0 radical (unpaired) electrons. The van der Waals surface area contributed by atoms with E-state index in [2.05, 4.69) is 36.2 Å². The SMILES string of the molecule is CC(C)C[C@H]1NC(=O)c2coc(n2)[C@H](Cc2ccccc2)NC(=O)[C@@H]2C[C@H](NC(=O)c3cn4ccsc4n3)CN2C(=O)c2coc(n2)[C@@H](C)NC1=O. The molecule has 0 spiro atoms. The van der Waals surface area contributed by atoms with Crippen LogP contribution in [0.3, 0.4) is 0 Å². The number of nitrogens with one attached hydrogen (secondary N) is 4. The lowest BCUT2D eigenvalue weighted by molar-refractivity contribution is -0.126. The number of hydrogen-bond acceptors (Lipinski definition) is 11. The zero-order chi connectivity index (χ0) is 36.5. The second kappa shape index (κ2) is 14.4. The van der Waals surface area contributed by atoms with Crippen LogP contribution in [0.25, 0.3) is 4.96 Å². The van der Waals surface area contributed by atoms with Gasteiger partial charge in [0.1, 0.15) is 42.4 Å². The first-order chi connectivity index (χ1) is 25.0. The Labute approximate surface area is 301 Å². The number of fused-ring (bicyclic) bond motifs is 6. The molecule has 1 saturated heterocycles. The number of oxazole rings is 2. The van der Waals surface area contributed by atoms with Gasteiger partial charge in [0, 0.05) is 36.8 Å². The standard InChI is InChI=1S/C35H37N9O7S/c1-18(2)11-22-28(45)36-19(3)32-41-26(17-50-32)34(49)44-14-21(37-29(46)24-15-43-9-10-52-35(43)42-24)13-27(44)31(48)39-23(12-20-7-5-4-6-8-20)33-40-25(16-51-33)30(47)38-22/h4-10,15-19,21-23,27H,11-14H2,1-3H3,(H,36,45)(H,37,46)(H,38,47)(H,39,48)/t19-,21+,22-,23+,27+/m1/s1. The molecule has 1 fully saturated rings. The summed E-state index contributed by atoms with van der Waals surface area (Å²) in [5.41, 5.74) is 0.896. The Kier molecular flexibility index (Phi) is 9.59. The maximum atomic E-state index is 14.2. The van der Waals surface area contributed by atoms with Gasteiger partial charge in [0.25, 0.3) is 17.7 Å². The van der Waals surface area contributed by atoms with E-state index in [4.69, 9.17) is 8.83 Å². The van der Waals surface area contributed by atoms with Crippen molar-refractivity contribution >= 4 is 45.8 Å². The summed E-state index contributed by atoms with van der Waals surface area (Å²) in [6.07, 6.45) is 6.41. The molecule has 0 saturated carbocycles. The first-order valence-electron chi connectivity index (χ1n) is 16.9. The van der Waals surface area contributed by atoms with Gasteiger partial charge in [-0.2, -0.15) is 0 Å². The normalized spacial score (nSPS) is 22.8. The Morgan fingerprint density at radius 1 is 0.962 bits per heavy atom. The van der Waals surface area contributed by atoms with E-state index in [0.29, 0.717) is 11.4 Å². The Morgan fingerprint density at radius 2 is 1.71 bits per heavy atom. The van der Waals surface area contributed by atoms with Gasteiger partial charge in [0.15, 0.2) is 16.3 Å². The van der Waals surface area contributed by atoms with Gasteiger partial charge < -0.3 is 35.0 Å². The second-order valence-electron chi connectivity index (χ2n) is 13.4. The number of benzene rings is 1. The smallest absolute Gasteiger partial charge is 0.276 e. The molecule has 0 unspecified atom stereocenters. The number of aromatic nitrogens is 4.